The van der Waals surface area contributed by atoms with Gasteiger partial charge in [-0.15, -0.1) is 0 Å². The topological polar surface area (TPSA) is 12.5 Å². The molecule has 2 nitrogen and oxygen atoms in total. The van der Waals surface area contributed by atoms with Crippen LogP contribution in [0.3, 0.4) is 0 Å². The Balaban J connectivity index is 1.36. The predicted octanol–water partition coefficient (Wildman–Crippen LogP) is 7.09. The molecule has 34 heavy (non-hydrogen) atoms. The summed E-state index contributed by atoms with van der Waals surface area (Å²) in [7, 11) is 2.26. The third-order valence-electron chi connectivity index (χ3n) is 6.95. The van der Waals surface area contributed by atoms with E-state index in [0.29, 0.717) is 18.4 Å². The third kappa shape index (κ3) is 5.40. The minimum atomic E-state index is 0.409. The van der Waals surface area contributed by atoms with Crippen molar-refractivity contribution < 1.29 is 4.74 Å². The number of nitrogens with zero attached hydrogens (tertiary/aromatic N) is 1. The van der Waals surface area contributed by atoms with Crippen molar-refractivity contribution in [1.82, 2.24) is 4.90 Å². The van der Waals surface area contributed by atoms with E-state index in [0.717, 1.165) is 25.3 Å². The standard InChI is InChI=1S/C32H33NO/c1-33(22-25-11-5-2-6-12-25)23-29-18-17-28-21-30(34-24-26-13-7-3-8-14-26)19-20-31(28)32(29)27-15-9-4-10-16-27/h2-16,19-21,29,32H,17-18,22-24H2,1H3. The Morgan fingerprint density at radius 3 is 2.12 bits per heavy atom. The maximum atomic E-state index is 6.15. The summed E-state index contributed by atoms with van der Waals surface area (Å²) in [5.74, 6) is 1.96. The molecule has 0 spiro atoms. The fraction of sp³-hybridized carbons (Fsp3) is 0.250. The van der Waals surface area contributed by atoms with Gasteiger partial charge in [-0.3, -0.25) is 0 Å². The van der Waals surface area contributed by atoms with E-state index in [4.69, 9.17) is 4.74 Å². The molecule has 4 aromatic rings. The van der Waals surface area contributed by atoms with E-state index >= 15 is 0 Å². The second-order valence-corrected chi connectivity index (χ2v) is 9.50. The van der Waals surface area contributed by atoms with Crippen LogP contribution >= 0.6 is 0 Å². The molecule has 0 N–H and O–H groups in total. The van der Waals surface area contributed by atoms with Crippen LogP contribution in [0.4, 0.5) is 0 Å². The summed E-state index contributed by atoms with van der Waals surface area (Å²) >= 11 is 0. The number of fused-ring (bicyclic) bond motifs is 1. The number of hydrogen-bond acceptors (Lipinski definition) is 2. The molecule has 1 aliphatic carbocycles. The van der Waals surface area contributed by atoms with E-state index in [1.54, 1.807) is 0 Å². The van der Waals surface area contributed by atoms with Crippen molar-refractivity contribution in [2.75, 3.05) is 13.6 Å². The summed E-state index contributed by atoms with van der Waals surface area (Å²) in [6.07, 6.45) is 2.29. The summed E-state index contributed by atoms with van der Waals surface area (Å²) in [4.78, 5) is 2.48. The molecule has 0 aliphatic heterocycles. The second kappa shape index (κ2) is 10.7. The molecule has 0 saturated heterocycles. The molecule has 2 atom stereocenters. The van der Waals surface area contributed by atoms with Gasteiger partial charge in [0.2, 0.25) is 0 Å². The highest BCUT2D eigenvalue weighted by atomic mass is 16.5. The molecular weight excluding hydrogens is 414 g/mol. The molecule has 0 aromatic heterocycles. The minimum Gasteiger partial charge on any atom is -0.489 e. The Labute approximate surface area is 203 Å². The maximum absolute atomic E-state index is 6.15. The molecule has 172 valence electrons. The van der Waals surface area contributed by atoms with Gasteiger partial charge >= 0.3 is 0 Å². The first-order chi connectivity index (χ1) is 16.8. The average Bonchev–Trinajstić information content (AvgIpc) is 2.89. The van der Waals surface area contributed by atoms with E-state index in [-0.39, 0.29) is 0 Å². The fourth-order valence-corrected chi connectivity index (χ4v) is 5.36. The molecule has 5 rings (SSSR count). The zero-order chi connectivity index (χ0) is 23.2. The molecule has 4 aromatic carbocycles. The predicted molar refractivity (Wildman–Crippen MR) is 140 cm³/mol. The largest absolute Gasteiger partial charge is 0.489 e. The van der Waals surface area contributed by atoms with Gasteiger partial charge in [-0.1, -0.05) is 97.1 Å². The average molecular weight is 448 g/mol. The minimum absolute atomic E-state index is 0.409. The van der Waals surface area contributed by atoms with Crippen LogP contribution in [0.15, 0.2) is 109 Å². The number of aryl methyl sites for hydroxylation is 1. The lowest BCUT2D eigenvalue weighted by Gasteiger charge is -2.36. The van der Waals surface area contributed by atoms with Crippen molar-refractivity contribution >= 4 is 0 Å². The zero-order valence-electron chi connectivity index (χ0n) is 19.9. The maximum Gasteiger partial charge on any atom is 0.120 e. The molecule has 0 bridgehead atoms. The smallest absolute Gasteiger partial charge is 0.120 e. The molecule has 0 saturated carbocycles. The first kappa shape index (κ1) is 22.4. The number of hydrogen-bond donors (Lipinski definition) is 0. The number of ether oxygens (including phenoxy) is 1. The Bertz CT molecular complexity index is 1170. The molecule has 1 aliphatic rings. The lowest BCUT2D eigenvalue weighted by molar-refractivity contribution is 0.239. The van der Waals surface area contributed by atoms with Gasteiger partial charge in [-0.2, -0.15) is 0 Å². The van der Waals surface area contributed by atoms with E-state index in [1.807, 2.05) is 6.07 Å². The van der Waals surface area contributed by atoms with Gasteiger partial charge < -0.3 is 9.64 Å². The van der Waals surface area contributed by atoms with Crippen molar-refractivity contribution in [2.45, 2.75) is 31.9 Å². The highest BCUT2D eigenvalue weighted by molar-refractivity contribution is 5.45. The first-order valence-electron chi connectivity index (χ1n) is 12.3. The van der Waals surface area contributed by atoms with Crippen LogP contribution in [-0.4, -0.2) is 18.5 Å². The van der Waals surface area contributed by atoms with Crippen LogP contribution < -0.4 is 4.74 Å². The van der Waals surface area contributed by atoms with E-state index < -0.39 is 0 Å². The summed E-state index contributed by atoms with van der Waals surface area (Å²) in [5.41, 5.74) is 6.88. The normalized spacial score (nSPS) is 17.4. The molecule has 0 amide bonds. The monoisotopic (exact) mass is 447 g/mol. The number of rotatable bonds is 8. The third-order valence-corrected chi connectivity index (χ3v) is 6.95. The van der Waals surface area contributed by atoms with Crippen LogP contribution in [0.1, 0.15) is 40.2 Å². The molecule has 0 heterocycles. The quantitative estimate of drug-likeness (QED) is 0.286. The van der Waals surface area contributed by atoms with Crippen molar-refractivity contribution in [2.24, 2.45) is 5.92 Å². The molecule has 0 fully saturated rings. The Hall–Kier alpha value is -3.36. The van der Waals surface area contributed by atoms with Gasteiger partial charge in [0, 0.05) is 19.0 Å². The van der Waals surface area contributed by atoms with Gasteiger partial charge in [0.1, 0.15) is 12.4 Å². The first-order valence-corrected chi connectivity index (χ1v) is 12.3. The Morgan fingerprint density at radius 2 is 1.41 bits per heavy atom. The molecular formula is C32H33NO. The van der Waals surface area contributed by atoms with Gasteiger partial charge in [0.15, 0.2) is 0 Å². The van der Waals surface area contributed by atoms with Crippen molar-refractivity contribution in [1.29, 1.82) is 0 Å². The Morgan fingerprint density at radius 1 is 0.765 bits per heavy atom. The molecule has 0 radical (unpaired) electrons. The lowest BCUT2D eigenvalue weighted by Crippen LogP contribution is -2.32. The van der Waals surface area contributed by atoms with Gasteiger partial charge in [-0.25, -0.2) is 0 Å². The van der Waals surface area contributed by atoms with E-state index in [2.05, 4.69) is 115 Å². The van der Waals surface area contributed by atoms with Crippen LogP contribution in [-0.2, 0) is 19.6 Å². The summed E-state index contributed by atoms with van der Waals surface area (Å²) < 4.78 is 6.15. The lowest BCUT2D eigenvalue weighted by atomic mass is 9.71. The second-order valence-electron chi connectivity index (χ2n) is 9.50. The van der Waals surface area contributed by atoms with Gasteiger partial charge in [0.25, 0.3) is 0 Å². The fourth-order valence-electron chi connectivity index (χ4n) is 5.36. The summed E-state index contributed by atoms with van der Waals surface area (Å²) in [6, 6.07) is 39.0. The highest BCUT2D eigenvalue weighted by Gasteiger charge is 2.31. The van der Waals surface area contributed by atoms with Crippen molar-refractivity contribution in [3.63, 3.8) is 0 Å². The van der Waals surface area contributed by atoms with Crippen LogP contribution in [0.5, 0.6) is 5.75 Å². The summed E-state index contributed by atoms with van der Waals surface area (Å²) in [6.45, 7) is 2.67. The number of benzene rings is 4. The van der Waals surface area contributed by atoms with Gasteiger partial charge in [-0.05, 0) is 65.8 Å². The SMILES string of the molecule is CN(Cc1ccccc1)CC1CCc2cc(OCc3ccccc3)ccc2C1c1ccccc1. The van der Waals surface area contributed by atoms with Crippen LogP contribution in [0.25, 0.3) is 0 Å². The zero-order valence-corrected chi connectivity index (χ0v) is 19.9. The van der Waals surface area contributed by atoms with Crippen LogP contribution in [0, 0.1) is 5.92 Å². The van der Waals surface area contributed by atoms with Crippen LogP contribution in [0.2, 0.25) is 0 Å². The van der Waals surface area contributed by atoms with Gasteiger partial charge in [0.05, 0.1) is 0 Å². The van der Waals surface area contributed by atoms with E-state index in [1.165, 1.54) is 34.2 Å². The Kier molecular flexibility index (Phi) is 7.07. The van der Waals surface area contributed by atoms with Crippen molar-refractivity contribution in [3.05, 3.63) is 137 Å². The van der Waals surface area contributed by atoms with E-state index in [9.17, 15) is 0 Å². The highest BCUT2D eigenvalue weighted by Crippen LogP contribution is 2.42. The summed E-state index contributed by atoms with van der Waals surface area (Å²) in [5, 5.41) is 0. The van der Waals surface area contributed by atoms with Crippen molar-refractivity contribution in [3.8, 4) is 5.75 Å². The molecule has 2 unspecified atom stereocenters. The molecule has 2 heteroatoms.